The fourth-order valence-electron chi connectivity index (χ4n) is 2.04. The number of carbonyl (C=O) groups is 2. The van der Waals surface area contributed by atoms with E-state index in [1.807, 2.05) is 0 Å². The van der Waals surface area contributed by atoms with Crippen LogP contribution in [0.2, 0.25) is 0 Å². The number of hydrogen-bond acceptors (Lipinski definition) is 5. The van der Waals surface area contributed by atoms with Crippen LogP contribution in [0.25, 0.3) is 0 Å². The molecular formula is C19H20FNO5. The van der Waals surface area contributed by atoms with Crippen molar-refractivity contribution < 1.29 is 28.2 Å². The second-order valence-corrected chi connectivity index (χ2v) is 5.92. The van der Waals surface area contributed by atoms with Gasteiger partial charge in [0, 0.05) is 11.8 Å². The average molecular weight is 361 g/mol. The van der Waals surface area contributed by atoms with Crippen LogP contribution in [-0.4, -0.2) is 31.2 Å². The lowest BCUT2D eigenvalue weighted by Crippen LogP contribution is -2.41. The quantitative estimate of drug-likeness (QED) is 0.767. The smallest absolute Gasteiger partial charge is 0.350 e. The van der Waals surface area contributed by atoms with Gasteiger partial charge in [-0.05, 0) is 50.2 Å². The highest BCUT2D eigenvalue weighted by Crippen LogP contribution is 2.20. The van der Waals surface area contributed by atoms with Gasteiger partial charge >= 0.3 is 5.97 Å². The minimum absolute atomic E-state index is 0.314. The number of halogens is 1. The Labute approximate surface area is 150 Å². The normalized spacial score (nSPS) is 10.8. The predicted octanol–water partition coefficient (Wildman–Crippen LogP) is 3.17. The molecule has 0 aromatic heterocycles. The summed E-state index contributed by atoms with van der Waals surface area (Å²) in [4.78, 5) is 24.1. The Morgan fingerprint density at radius 1 is 1.08 bits per heavy atom. The average Bonchev–Trinajstić information content (AvgIpc) is 2.61. The van der Waals surface area contributed by atoms with Gasteiger partial charge in [0.2, 0.25) is 0 Å². The van der Waals surface area contributed by atoms with Crippen LogP contribution in [0.3, 0.4) is 0 Å². The molecule has 0 fully saturated rings. The summed E-state index contributed by atoms with van der Waals surface area (Å²) in [5.41, 5.74) is -0.819. The Hall–Kier alpha value is -3.09. The molecule has 6 nitrogen and oxygen atoms in total. The molecule has 26 heavy (non-hydrogen) atoms. The molecule has 0 atom stereocenters. The summed E-state index contributed by atoms with van der Waals surface area (Å²) in [6.07, 6.45) is 0. The fraction of sp³-hybridized carbons (Fsp3) is 0.263. The van der Waals surface area contributed by atoms with E-state index in [1.54, 1.807) is 24.3 Å². The highest BCUT2D eigenvalue weighted by Gasteiger charge is 2.32. The topological polar surface area (TPSA) is 73.9 Å². The Morgan fingerprint density at radius 2 is 1.77 bits per heavy atom. The van der Waals surface area contributed by atoms with E-state index in [2.05, 4.69) is 5.32 Å². The first-order valence-corrected chi connectivity index (χ1v) is 7.86. The van der Waals surface area contributed by atoms with Crippen LogP contribution in [-0.2, 0) is 14.3 Å². The Kier molecular flexibility index (Phi) is 6.16. The van der Waals surface area contributed by atoms with Gasteiger partial charge in [-0.1, -0.05) is 6.07 Å². The summed E-state index contributed by atoms with van der Waals surface area (Å²) >= 11 is 0. The van der Waals surface area contributed by atoms with Gasteiger partial charge in [0.15, 0.2) is 12.2 Å². The summed E-state index contributed by atoms with van der Waals surface area (Å²) in [5, 5.41) is 2.60. The summed E-state index contributed by atoms with van der Waals surface area (Å²) in [5.74, 6) is -0.721. The molecule has 138 valence electrons. The Balaban J connectivity index is 1.87. The first-order chi connectivity index (χ1) is 12.3. The maximum atomic E-state index is 12.9. The molecule has 2 rings (SSSR count). The van der Waals surface area contributed by atoms with Crippen molar-refractivity contribution >= 4 is 17.6 Å². The number of nitrogens with one attached hydrogen (secondary N) is 1. The van der Waals surface area contributed by atoms with Crippen LogP contribution < -0.4 is 14.8 Å². The summed E-state index contributed by atoms with van der Waals surface area (Å²) in [6, 6.07) is 12.0. The zero-order valence-electron chi connectivity index (χ0n) is 14.7. The van der Waals surface area contributed by atoms with Crippen LogP contribution in [0.1, 0.15) is 13.8 Å². The molecule has 0 spiro atoms. The molecule has 1 amide bonds. The van der Waals surface area contributed by atoms with Gasteiger partial charge in [-0.25, -0.2) is 9.18 Å². The molecule has 0 saturated heterocycles. The number of benzene rings is 2. The molecule has 0 saturated carbocycles. The lowest BCUT2D eigenvalue weighted by molar-refractivity contribution is -0.161. The second-order valence-electron chi connectivity index (χ2n) is 5.92. The summed E-state index contributed by atoms with van der Waals surface area (Å²) in [7, 11) is 1.52. The van der Waals surface area contributed by atoms with Gasteiger partial charge in [-0.2, -0.15) is 0 Å². The van der Waals surface area contributed by atoms with E-state index in [0.29, 0.717) is 17.2 Å². The maximum absolute atomic E-state index is 12.9. The van der Waals surface area contributed by atoms with Gasteiger partial charge in [0.05, 0.1) is 7.11 Å². The number of ether oxygens (including phenoxy) is 3. The molecule has 0 aliphatic rings. The lowest BCUT2D eigenvalue weighted by Gasteiger charge is -2.24. The number of methoxy groups -OCH3 is 1. The van der Waals surface area contributed by atoms with E-state index in [9.17, 15) is 14.0 Å². The van der Waals surface area contributed by atoms with Crippen molar-refractivity contribution in [1.82, 2.24) is 0 Å². The van der Waals surface area contributed by atoms with Crippen LogP contribution in [0.5, 0.6) is 11.5 Å². The van der Waals surface area contributed by atoms with Crippen molar-refractivity contribution in [3.63, 3.8) is 0 Å². The van der Waals surface area contributed by atoms with Gasteiger partial charge in [-0.15, -0.1) is 0 Å². The first-order valence-electron chi connectivity index (χ1n) is 7.86. The molecular weight excluding hydrogens is 341 g/mol. The van der Waals surface area contributed by atoms with Crippen LogP contribution >= 0.6 is 0 Å². The molecule has 0 unspecified atom stereocenters. The molecule has 0 aliphatic heterocycles. The van der Waals surface area contributed by atoms with E-state index in [-0.39, 0.29) is 0 Å². The highest BCUT2D eigenvalue weighted by atomic mass is 19.1. The molecule has 2 aromatic rings. The van der Waals surface area contributed by atoms with E-state index >= 15 is 0 Å². The van der Waals surface area contributed by atoms with Gasteiger partial charge in [0.25, 0.3) is 5.91 Å². The maximum Gasteiger partial charge on any atom is 0.350 e. The largest absolute Gasteiger partial charge is 0.497 e. The van der Waals surface area contributed by atoms with Gasteiger partial charge < -0.3 is 19.5 Å². The monoisotopic (exact) mass is 361 g/mol. The number of esters is 1. The molecule has 1 N–H and O–H groups in total. The Morgan fingerprint density at radius 3 is 2.42 bits per heavy atom. The molecule has 0 aliphatic carbocycles. The van der Waals surface area contributed by atoms with Crippen molar-refractivity contribution in [1.29, 1.82) is 0 Å². The Bertz CT molecular complexity index is 774. The lowest BCUT2D eigenvalue weighted by atomic mass is 10.1. The van der Waals surface area contributed by atoms with Crippen LogP contribution in [0.4, 0.5) is 10.1 Å². The van der Waals surface area contributed by atoms with Crippen molar-refractivity contribution in [3.05, 3.63) is 54.3 Å². The summed E-state index contributed by atoms with van der Waals surface area (Å²) < 4.78 is 28.5. The van der Waals surface area contributed by atoms with Crippen molar-refractivity contribution in [2.24, 2.45) is 0 Å². The zero-order chi connectivity index (χ0) is 19.2. The molecule has 2 aromatic carbocycles. The predicted molar refractivity (Wildman–Crippen MR) is 93.7 cm³/mol. The number of amides is 1. The van der Waals surface area contributed by atoms with Crippen LogP contribution in [0, 0.1) is 5.82 Å². The minimum Gasteiger partial charge on any atom is -0.497 e. The SMILES string of the molecule is COc1cccc(NC(=O)COC(=O)C(C)(C)Oc2ccc(F)cc2)c1. The number of carbonyl (C=O) groups excluding carboxylic acids is 2. The fourth-order valence-corrected chi connectivity index (χ4v) is 2.04. The third kappa shape index (κ3) is 5.47. The molecule has 0 heterocycles. The van der Waals surface area contributed by atoms with E-state index in [0.717, 1.165) is 0 Å². The standard InChI is InChI=1S/C19H20FNO5/c1-19(2,26-15-9-7-13(20)8-10-15)18(23)25-12-17(22)21-14-5-4-6-16(11-14)24-3/h4-11H,12H2,1-3H3,(H,21,22). The third-order valence-corrected chi connectivity index (χ3v) is 3.37. The van der Waals surface area contributed by atoms with Gasteiger partial charge in [0.1, 0.15) is 17.3 Å². The molecule has 0 bridgehead atoms. The van der Waals surface area contributed by atoms with Crippen molar-refractivity contribution in [3.8, 4) is 11.5 Å². The van der Waals surface area contributed by atoms with Crippen LogP contribution in [0.15, 0.2) is 48.5 Å². The van der Waals surface area contributed by atoms with E-state index in [1.165, 1.54) is 45.2 Å². The molecule has 0 radical (unpaired) electrons. The van der Waals surface area contributed by atoms with E-state index < -0.39 is 29.9 Å². The van der Waals surface area contributed by atoms with E-state index in [4.69, 9.17) is 14.2 Å². The number of anilines is 1. The van der Waals surface area contributed by atoms with Crippen molar-refractivity contribution in [2.75, 3.05) is 19.0 Å². The van der Waals surface area contributed by atoms with Crippen molar-refractivity contribution in [2.45, 2.75) is 19.4 Å². The highest BCUT2D eigenvalue weighted by molar-refractivity contribution is 5.93. The van der Waals surface area contributed by atoms with Gasteiger partial charge in [-0.3, -0.25) is 4.79 Å². The summed E-state index contributed by atoms with van der Waals surface area (Å²) in [6.45, 7) is 2.53. The first kappa shape index (κ1) is 19.2. The minimum atomic E-state index is -1.34. The zero-order valence-corrected chi connectivity index (χ0v) is 14.7. The molecule has 7 heteroatoms. The second kappa shape index (κ2) is 8.33. The third-order valence-electron chi connectivity index (χ3n) is 3.37. The number of hydrogen-bond donors (Lipinski definition) is 1. The number of rotatable bonds is 7.